The van der Waals surface area contributed by atoms with Gasteiger partial charge in [0.2, 0.25) is 6.79 Å². The van der Waals surface area contributed by atoms with Crippen molar-refractivity contribution in [2.24, 2.45) is 0 Å². The zero-order valence-electron chi connectivity index (χ0n) is 11.3. The Hall–Kier alpha value is -1.92. The molecule has 6 heteroatoms. The van der Waals surface area contributed by atoms with E-state index in [0.717, 1.165) is 44.9 Å². The number of hydrogen-bond donors (Lipinski definition) is 0. The summed E-state index contributed by atoms with van der Waals surface area (Å²) in [5.74, 6) is 1.59. The monoisotopic (exact) mass is 316 g/mol. The summed E-state index contributed by atoms with van der Waals surface area (Å²) < 4.78 is 10.7. The van der Waals surface area contributed by atoms with Crippen molar-refractivity contribution in [3.8, 4) is 22.8 Å². The molecule has 0 aliphatic carbocycles. The maximum atomic E-state index is 5.41. The summed E-state index contributed by atoms with van der Waals surface area (Å²) >= 11 is 3.34. The molecule has 4 rings (SSSR count). The molecule has 0 unspecified atom stereocenters. The van der Waals surface area contributed by atoms with Gasteiger partial charge in [-0.3, -0.25) is 0 Å². The third-order valence-corrected chi connectivity index (χ3v) is 4.89. The second kappa shape index (κ2) is 5.13. The Morgan fingerprint density at radius 2 is 2.00 bits per heavy atom. The van der Waals surface area contributed by atoms with Crippen molar-refractivity contribution in [1.29, 1.82) is 0 Å². The Morgan fingerprint density at radius 3 is 2.86 bits per heavy atom. The lowest BCUT2D eigenvalue weighted by molar-refractivity contribution is 0.174. The van der Waals surface area contributed by atoms with Crippen LogP contribution in [0.5, 0.6) is 11.5 Å². The molecule has 0 bridgehead atoms. The molecular weight excluding hydrogens is 304 g/mol. The van der Waals surface area contributed by atoms with Gasteiger partial charge in [0.1, 0.15) is 0 Å². The van der Waals surface area contributed by atoms with Crippen LogP contribution in [0, 0.1) is 6.92 Å². The molecule has 3 heterocycles. The lowest BCUT2D eigenvalue weighted by Gasteiger charge is -1.99. The second-order valence-corrected chi connectivity index (χ2v) is 6.73. The molecule has 0 radical (unpaired) electrons. The van der Waals surface area contributed by atoms with Gasteiger partial charge in [0.05, 0.1) is 21.4 Å². The molecule has 1 aliphatic heterocycles. The van der Waals surface area contributed by atoms with Gasteiger partial charge < -0.3 is 9.47 Å². The van der Waals surface area contributed by atoms with E-state index in [0.29, 0.717) is 6.79 Å². The van der Waals surface area contributed by atoms with Crippen LogP contribution in [0.2, 0.25) is 0 Å². The van der Waals surface area contributed by atoms with E-state index in [1.807, 2.05) is 25.1 Å². The average Bonchev–Trinajstić information content (AvgIpc) is 3.19. The van der Waals surface area contributed by atoms with Crippen LogP contribution in [0.4, 0.5) is 0 Å². The van der Waals surface area contributed by atoms with E-state index in [4.69, 9.17) is 14.5 Å². The lowest BCUT2D eigenvalue weighted by Crippen LogP contribution is -1.92. The molecule has 0 spiro atoms. The number of aryl methyl sites for hydroxylation is 1. The first-order valence-corrected chi connectivity index (χ1v) is 8.29. The molecule has 1 aromatic carbocycles. The van der Waals surface area contributed by atoms with Crippen molar-refractivity contribution in [3.05, 3.63) is 44.7 Å². The Kier molecular flexibility index (Phi) is 3.12. The number of benzene rings is 1. The zero-order valence-corrected chi connectivity index (χ0v) is 13.0. The Bertz CT molecular complexity index is 795. The van der Waals surface area contributed by atoms with Crippen LogP contribution < -0.4 is 9.47 Å². The number of fused-ring (bicyclic) bond motifs is 1. The summed E-state index contributed by atoms with van der Waals surface area (Å²) in [5.41, 5.74) is 3.11. The minimum Gasteiger partial charge on any atom is -0.454 e. The van der Waals surface area contributed by atoms with E-state index < -0.39 is 0 Å². The van der Waals surface area contributed by atoms with Gasteiger partial charge >= 0.3 is 0 Å². The molecule has 0 saturated carbocycles. The summed E-state index contributed by atoms with van der Waals surface area (Å²) in [4.78, 5) is 9.18. The van der Waals surface area contributed by atoms with Crippen LogP contribution in [0.25, 0.3) is 11.3 Å². The summed E-state index contributed by atoms with van der Waals surface area (Å²) in [6, 6.07) is 5.92. The van der Waals surface area contributed by atoms with Crippen LogP contribution >= 0.6 is 22.7 Å². The number of hydrogen-bond acceptors (Lipinski definition) is 6. The predicted octanol–water partition coefficient (Wildman–Crippen LogP) is 3.89. The fourth-order valence-electron chi connectivity index (χ4n) is 2.22. The van der Waals surface area contributed by atoms with E-state index in [2.05, 4.69) is 15.7 Å². The number of rotatable bonds is 3. The smallest absolute Gasteiger partial charge is 0.231 e. The highest BCUT2D eigenvalue weighted by Crippen LogP contribution is 2.36. The van der Waals surface area contributed by atoms with Crippen molar-refractivity contribution in [3.63, 3.8) is 0 Å². The first kappa shape index (κ1) is 12.8. The van der Waals surface area contributed by atoms with Crippen LogP contribution in [0.3, 0.4) is 0 Å². The topological polar surface area (TPSA) is 44.2 Å². The summed E-state index contributed by atoms with van der Waals surface area (Å²) in [6.45, 7) is 2.32. The van der Waals surface area contributed by atoms with Crippen LogP contribution in [-0.4, -0.2) is 16.8 Å². The molecule has 0 saturated heterocycles. The molecule has 4 nitrogen and oxygen atoms in total. The quantitative estimate of drug-likeness (QED) is 0.735. The van der Waals surface area contributed by atoms with Gasteiger partial charge in [-0.1, -0.05) is 0 Å². The predicted molar refractivity (Wildman–Crippen MR) is 83.3 cm³/mol. The van der Waals surface area contributed by atoms with Crippen molar-refractivity contribution in [1.82, 2.24) is 9.97 Å². The maximum Gasteiger partial charge on any atom is 0.231 e. The van der Waals surface area contributed by atoms with Gasteiger partial charge in [-0.2, -0.15) is 0 Å². The molecular formula is C15H12N2O2S2. The number of nitrogens with zero attached hydrogens (tertiary/aromatic N) is 2. The van der Waals surface area contributed by atoms with Gasteiger partial charge in [0.15, 0.2) is 11.5 Å². The van der Waals surface area contributed by atoms with Gasteiger partial charge in [-0.25, -0.2) is 9.97 Å². The molecule has 0 N–H and O–H groups in total. The molecule has 106 valence electrons. The summed E-state index contributed by atoms with van der Waals surface area (Å²) in [7, 11) is 0. The third kappa shape index (κ3) is 2.52. The third-order valence-electron chi connectivity index (χ3n) is 3.22. The van der Waals surface area contributed by atoms with Crippen molar-refractivity contribution >= 4 is 22.7 Å². The van der Waals surface area contributed by atoms with E-state index in [1.165, 1.54) is 0 Å². The first-order valence-electron chi connectivity index (χ1n) is 6.53. The summed E-state index contributed by atoms with van der Waals surface area (Å²) in [6.07, 6.45) is 0.791. The molecule has 3 aromatic rings. The molecule has 1 aliphatic rings. The first-order chi connectivity index (χ1) is 10.3. The van der Waals surface area contributed by atoms with Crippen molar-refractivity contribution in [2.75, 3.05) is 6.79 Å². The van der Waals surface area contributed by atoms with Crippen molar-refractivity contribution < 1.29 is 9.47 Å². The fraction of sp³-hybridized carbons (Fsp3) is 0.200. The van der Waals surface area contributed by atoms with Gasteiger partial charge in [-0.15, -0.1) is 22.7 Å². The van der Waals surface area contributed by atoms with E-state index in [-0.39, 0.29) is 0 Å². The van der Waals surface area contributed by atoms with E-state index in [9.17, 15) is 0 Å². The molecule has 2 aromatic heterocycles. The maximum absolute atomic E-state index is 5.41. The van der Waals surface area contributed by atoms with Crippen LogP contribution in [0.1, 0.15) is 15.7 Å². The average molecular weight is 316 g/mol. The second-order valence-electron chi connectivity index (χ2n) is 4.73. The molecule has 0 atom stereocenters. The molecule has 21 heavy (non-hydrogen) atoms. The number of aromatic nitrogens is 2. The summed E-state index contributed by atoms with van der Waals surface area (Å²) in [5, 5.41) is 6.34. The highest BCUT2D eigenvalue weighted by molar-refractivity contribution is 7.10. The fourth-order valence-corrected chi connectivity index (χ4v) is 3.66. The van der Waals surface area contributed by atoms with Gasteiger partial charge in [0, 0.05) is 22.7 Å². The highest BCUT2D eigenvalue weighted by Gasteiger charge is 2.15. The lowest BCUT2D eigenvalue weighted by atomic mass is 10.1. The zero-order chi connectivity index (χ0) is 14.2. The number of ether oxygens (including phenoxy) is 2. The minimum atomic E-state index is 0.296. The van der Waals surface area contributed by atoms with Crippen LogP contribution in [0.15, 0.2) is 29.0 Å². The Labute approximate surface area is 130 Å². The van der Waals surface area contributed by atoms with Crippen molar-refractivity contribution in [2.45, 2.75) is 13.3 Å². The van der Waals surface area contributed by atoms with E-state index in [1.54, 1.807) is 22.7 Å². The largest absolute Gasteiger partial charge is 0.454 e. The minimum absolute atomic E-state index is 0.296. The Balaban J connectivity index is 1.59. The molecule has 0 fully saturated rings. The van der Waals surface area contributed by atoms with Crippen LogP contribution in [-0.2, 0) is 6.42 Å². The van der Waals surface area contributed by atoms with Gasteiger partial charge in [-0.05, 0) is 25.1 Å². The van der Waals surface area contributed by atoms with Gasteiger partial charge in [0.25, 0.3) is 0 Å². The normalized spacial score (nSPS) is 12.8. The Morgan fingerprint density at radius 1 is 1.10 bits per heavy atom. The number of thiazole rings is 2. The molecule has 0 amide bonds. The standard InChI is InChI=1S/C15H12N2O2S2/c1-9-16-11(6-20-9)5-15-17-12(7-21-15)10-2-3-13-14(4-10)19-8-18-13/h2-4,6-7H,5,8H2,1H3. The van der Waals surface area contributed by atoms with E-state index >= 15 is 0 Å². The highest BCUT2D eigenvalue weighted by atomic mass is 32.1. The SMILES string of the molecule is Cc1nc(Cc2nc(-c3ccc4c(c3)OCO4)cs2)cs1.